The standard InChI is InChI=1S/C18H26O5/c1-18(2)22-16-12-21-11-15(19-3)14(17(16)23-18)10-20-9-13-7-5-4-6-8-13/h4-8,14-17H,9-12H2,1-3H3/t14-,15-,16+,17-/m1/s1. The smallest absolute Gasteiger partial charge is 0.163 e. The number of benzene rings is 1. The highest BCUT2D eigenvalue weighted by atomic mass is 16.8. The van der Waals surface area contributed by atoms with Gasteiger partial charge in [-0.05, 0) is 19.4 Å². The van der Waals surface area contributed by atoms with Crippen molar-refractivity contribution in [2.75, 3.05) is 26.9 Å². The Bertz CT molecular complexity index is 489. The van der Waals surface area contributed by atoms with Gasteiger partial charge in [-0.1, -0.05) is 30.3 Å². The average Bonchev–Trinajstić information content (AvgIpc) is 2.76. The molecule has 0 spiro atoms. The second kappa shape index (κ2) is 7.28. The van der Waals surface area contributed by atoms with E-state index in [0.717, 1.165) is 5.56 Å². The Hall–Kier alpha value is -0.980. The Morgan fingerprint density at radius 2 is 1.91 bits per heavy atom. The van der Waals surface area contributed by atoms with Crippen LogP contribution in [0.5, 0.6) is 0 Å². The van der Waals surface area contributed by atoms with Gasteiger partial charge in [0.25, 0.3) is 0 Å². The zero-order valence-electron chi connectivity index (χ0n) is 14.1. The SMILES string of the molecule is CO[C@@H]1COC[C@@H]2OC(C)(C)O[C@@H]2[C@@H]1COCc1ccccc1. The van der Waals surface area contributed by atoms with Gasteiger partial charge in [-0.15, -0.1) is 0 Å². The molecular formula is C18H26O5. The van der Waals surface area contributed by atoms with E-state index < -0.39 is 5.79 Å². The molecule has 1 aromatic rings. The summed E-state index contributed by atoms with van der Waals surface area (Å²) in [5.74, 6) is -0.510. The molecule has 1 aromatic carbocycles. The van der Waals surface area contributed by atoms with E-state index in [4.69, 9.17) is 23.7 Å². The first-order valence-electron chi connectivity index (χ1n) is 8.17. The number of methoxy groups -OCH3 is 1. The lowest BCUT2D eigenvalue weighted by molar-refractivity contribution is -0.170. The van der Waals surface area contributed by atoms with Crippen LogP contribution in [0.2, 0.25) is 0 Å². The molecule has 5 heteroatoms. The lowest BCUT2D eigenvalue weighted by Gasteiger charge is -2.29. The van der Waals surface area contributed by atoms with E-state index in [0.29, 0.717) is 26.4 Å². The van der Waals surface area contributed by atoms with Crippen molar-refractivity contribution in [3.63, 3.8) is 0 Å². The molecule has 128 valence electrons. The number of hydrogen-bond donors (Lipinski definition) is 0. The van der Waals surface area contributed by atoms with Gasteiger partial charge in [0, 0.05) is 13.0 Å². The molecule has 0 aliphatic carbocycles. The molecule has 0 saturated carbocycles. The molecular weight excluding hydrogens is 296 g/mol. The fourth-order valence-electron chi connectivity index (χ4n) is 3.32. The maximum atomic E-state index is 6.12. The fourth-order valence-corrected chi connectivity index (χ4v) is 3.32. The third kappa shape index (κ3) is 4.11. The van der Waals surface area contributed by atoms with Crippen molar-refractivity contribution in [3.05, 3.63) is 35.9 Å². The molecule has 23 heavy (non-hydrogen) atoms. The lowest BCUT2D eigenvalue weighted by Crippen LogP contribution is -2.41. The van der Waals surface area contributed by atoms with Gasteiger partial charge in [0.1, 0.15) is 6.10 Å². The van der Waals surface area contributed by atoms with Gasteiger partial charge in [0.2, 0.25) is 0 Å². The van der Waals surface area contributed by atoms with Crippen molar-refractivity contribution >= 4 is 0 Å². The first-order valence-corrected chi connectivity index (χ1v) is 8.17. The second-order valence-corrected chi connectivity index (χ2v) is 6.61. The summed E-state index contributed by atoms with van der Waals surface area (Å²) in [4.78, 5) is 0. The minimum Gasteiger partial charge on any atom is -0.379 e. The summed E-state index contributed by atoms with van der Waals surface area (Å²) in [7, 11) is 1.71. The lowest BCUT2D eigenvalue weighted by atomic mass is 9.94. The van der Waals surface area contributed by atoms with Crippen LogP contribution in [0, 0.1) is 5.92 Å². The van der Waals surface area contributed by atoms with E-state index in [1.165, 1.54) is 0 Å². The van der Waals surface area contributed by atoms with Crippen LogP contribution in [0.15, 0.2) is 30.3 Å². The highest BCUT2D eigenvalue weighted by molar-refractivity contribution is 5.13. The maximum absolute atomic E-state index is 6.12. The van der Waals surface area contributed by atoms with Crippen LogP contribution in [-0.2, 0) is 30.3 Å². The molecule has 2 aliphatic heterocycles. The normalized spacial score (nSPS) is 33.2. The Morgan fingerprint density at radius 1 is 1.13 bits per heavy atom. The van der Waals surface area contributed by atoms with Crippen molar-refractivity contribution in [3.8, 4) is 0 Å². The van der Waals surface area contributed by atoms with E-state index in [-0.39, 0.29) is 24.2 Å². The molecule has 5 nitrogen and oxygen atoms in total. The predicted octanol–water partition coefficient (Wildman–Crippen LogP) is 2.38. The largest absolute Gasteiger partial charge is 0.379 e. The molecule has 0 amide bonds. The number of ether oxygens (including phenoxy) is 5. The molecule has 0 unspecified atom stereocenters. The molecule has 0 radical (unpaired) electrons. The van der Waals surface area contributed by atoms with Crippen LogP contribution >= 0.6 is 0 Å². The Morgan fingerprint density at radius 3 is 2.65 bits per heavy atom. The summed E-state index contributed by atoms with van der Waals surface area (Å²) in [6, 6.07) is 10.2. The third-order valence-electron chi connectivity index (χ3n) is 4.41. The highest BCUT2D eigenvalue weighted by Crippen LogP contribution is 2.36. The van der Waals surface area contributed by atoms with E-state index in [2.05, 4.69) is 12.1 Å². The fraction of sp³-hybridized carbons (Fsp3) is 0.667. The Balaban J connectivity index is 1.65. The summed E-state index contributed by atoms with van der Waals surface area (Å²) in [5, 5.41) is 0. The summed E-state index contributed by atoms with van der Waals surface area (Å²) >= 11 is 0. The van der Waals surface area contributed by atoms with Gasteiger partial charge in [0.05, 0.1) is 38.6 Å². The van der Waals surface area contributed by atoms with Gasteiger partial charge in [-0.3, -0.25) is 0 Å². The predicted molar refractivity (Wildman–Crippen MR) is 85.0 cm³/mol. The highest BCUT2D eigenvalue weighted by Gasteiger charge is 2.49. The van der Waals surface area contributed by atoms with E-state index >= 15 is 0 Å². The molecule has 0 aromatic heterocycles. The zero-order valence-corrected chi connectivity index (χ0v) is 14.1. The van der Waals surface area contributed by atoms with Gasteiger partial charge in [-0.25, -0.2) is 0 Å². The Kier molecular flexibility index (Phi) is 5.34. The van der Waals surface area contributed by atoms with Crippen LogP contribution in [0.25, 0.3) is 0 Å². The van der Waals surface area contributed by atoms with E-state index in [1.54, 1.807) is 7.11 Å². The monoisotopic (exact) mass is 322 g/mol. The van der Waals surface area contributed by atoms with Crippen molar-refractivity contribution in [2.24, 2.45) is 5.92 Å². The summed E-state index contributed by atoms with van der Waals surface area (Å²) in [6.07, 6.45) is -0.207. The van der Waals surface area contributed by atoms with Crippen molar-refractivity contribution in [2.45, 2.75) is 44.6 Å². The first-order chi connectivity index (χ1) is 11.1. The maximum Gasteiger partial charge on any atom is 0.163 e. The molecule has 2 heterocycles. The topological polar surface area (TPSA) is 46.2 Å². The van der Waals surface area contributed by atoms with Gasteiger partial charge in [0.15, 0.2) is 5.79 Å². The molecule has 2 saturated heterocycles. The molecule has 2 fully saturated rings. The Labute approximate surface area is 137 Å². The number of hydrogen-bond acceptors (Lipinski definition) is 5. The second-order valence-electron chi connectivity index (χ2n) is 6.61. The summed E-state index contributed by atoms with van der Waals surface area (Å²) in [5.41, 5.74) is 1.16. The molecule has 4 atom stereocenters. The minimum atomic E-state index is -0.591. The van der Waals surface area contributed by atoms with Gasteiger partial charge >= 0.3 is 0 Å². The van der Waals surface area contributed by atoms with Crippen molar-refractivity contribution in [1.82, 2.24) is 0 Å². The van der Waals surface area contributed by atoms with E-state index in [1.807, 2.05) is 32.0 Å². The minimum absolute atomic E-state index is 0.0572. The first kappa shape index (κ1) is 16.9. The van der Waals surface area contributed by atoms with Gasteiger partial charge in [-0.2, -0.15) is 0 Å². The quantitative estimate of drug-likeness (QED) is 0.833. The van der Waals surface area contributed by atoms with Crippen molar-refractivity contribution in [1.29, 1.82) is 0 Å². The van der Waals surface area contributed by atoms with Crippen LogP contribution in [0.4, 0.5) is 0 Å². The van der Waals surface area contributed by atoms with E-state index in [9.17, 15) is 0 Å². The van der Waals surface area contributed by atoms with Crippen LogP contribution in [0.3, 0.4) is 0 Å². The van der Waals surface area contributed by atoms with Gasteiger partial charge < -0.3 is 23.7 Å². The summed E-state index contributed by atoms with van der Waals surface area (Å²) in [6.45, 7) is 6.07. The third-order valence-corrected chi connectivity index (χ3v) is 4.41. The zero-order chi connectivity index (χ0) is 16.3. The molecule has 3 rings (SSSR count). The van der Waals surface area contributed by atoms with Crippen LogP contribution < -0.4 is 0 Å². The molecule has 0 N–H and O–H groups in total. The van der Waals surface area contributed by atoms with Crippen LogP contribution in [0.1, 0.15) is 19.4 Å². The van der Waals surface area contributed by atoms with Crippen LogP contribution in [-0.4, -0.2) is 51.0 Å². The van der Waals surface area contributed by atoms with Crippen molar-refractivity contribution < 1.29 is 23.7 Å². The molecule has 2 aliphatic rings. The number of fused-ring (bicyclic) bond motifs is 1. The molecule has 0 bridgehead atoms. The number of rotatable bonds is 5. The average molecular weight is 322 g/mol. The summed E-state index contributed by atoms with van der Waals surface area (Å²) < 4.78 is 29.4.